The molecular weight excluding hydrogens is 656 g/mol. The first kappa shape index (κ1) is 45.1. The van der Waals surface area contributed by atoms with Crippen LogP contribution >= 0.6 is 0 Å². The van der Waals surface area contributed by atoms with Crippen LogP contribution < -0.4 is 0 Å². The number of aliphatic hydroxyl groups excluding tert-OH is 3. The van der Waals surface area contributed by atoms with Crippen LogP contribution in [0.2, 0.25) is 0 Å². The standard InChI is InChI=1S/C36H62O12S/c1-3-5-7-9-11-12-13-14-15-16-17-18-19-21-23-25-32(38)46-30(28-44-26-24-22-20-10-8-6-4-2)29-45-36-34(40)35(48-49(41,42)43)33(39)31(27-37)47-36/h5,7,11-12,14-15,17-18,30-31,33-37,39-40H,3-4,6,8-10,13,16,19-29H2,1-2H3,(H,41,42,43)/b7-5-,12-11-,15-14-,18-17-. The van der Waals surface area contributed by atoms with Gasteiger partial charge < -0.3 is 34.3 Å². The Balaban J connectivity index is 2.56. The van der Waals surface area contributed by atoms with E-state index in [9.17, 15) is 28.5 Å². The van der Waals surface area contributed by atoms with Gasteiger partial charge in [-0.3, -0.25) is 9.35 Å². The van der Waals surface area contributed by atoms with Crippen LogP contribution in [0.15, 0.2) is 48.6 Å². The number of carbonyl (C=O) groups excluding carboxylic acids is 1. The second-order valence-corrected chi connectivity index (χ2v) is 13.1. The number of aliphatic hydroxyl groups is 3. The Morgan fingerprint density at radius 1 is 0.796 bits per heavy atom. The van der Waals surface area contributed by atoms with Crippen molar-refractivity contribution < 1.29 is 56.2 Å². The van der Waals surface area contributed by atoms with Gasteiger partial charge in [-0.05, 0) is 51.4 Å². The number of unbranched alkanes of at least 4 members (excludes halogenated alkanes) is 8. The molecule has 0 radical (unpaired) electrons. The number of esters is 1. The highest BCUT2D eigenvalue weighted by atomic mass is 32.3. The molecule has 1 rings (SSSR count). The Morgan fingerprint density at radius 3 is 2.02 bits per heavy atom. The first-order valence-electron chi connectivity index (χ1n) is 17.9. The minimum absolute atomic E-state index is 0.0172. The molecule has 284 valence electrons. The molecule has 6 atom stereocenters. The third kappa shape index (κ3) is 23.2. The fourth-order valence-electron chi connectivity index (χ4n) is 5.01. The van der Waals surface area contributed by atoms with Crippen LogP contribution in [0.1, 0.15) is 110 Å². The van der Waals surface area contributed by atoms with Crippen LogP contribution in [-0.2, 0) is 38.3 Å². The van der Waals surface area contributed by atoms with Crippen LogP contribution in [0, 0.1) is 0 Å². The zero-order valence-corrected chi connectivity index (χ0v) is 30.3. The van der Waals surface area contributed by atoms with Crippen molar-refractivity contribution >= 4 is 16.4 Å². The van der Waals surface area contributed by atoms with Gasteiger partial charge in [-0.1, -0.05) is 101 Å². The van der Waals surface area contributed by atoms with Crippen LogP contribution in [0.4, 0.5) is 0 Å². The van der Waals surface area contributed by atoms with E-state index in [-0.39, 0.29) is 19.6 Å². The van der Waals surface area contributed by atoms with E-state index in [4.69, 9.17) is 23.5 Å². The number of allylic oxidation sites excluding steroid dienone is 8. The molecule has 0 spiro atoms. The predicted octanol–water partition coefficient (Wildman–Crippen LogP) is 5.67. The van der Waals surface area contributed by atoms with Crippen LogP contribution in [0.5, 0.6) is 0 Å². The number of ether oxygens (including phenoxy) is 4. The fourth-order valence-corrected chi connectivity index (χ4v) is 5.52. The summed E-state index contributed by atoms with van der Waals surface area (Å²) >= 11 is 0. The zero-order valence-electron chi connectivity index (χ0n) is 29.5. The maximum atomic E-state index is 12.7. The molecule has 49 heavy (non-hydrogen) atoms. The number of carbonyl (C=O) groups is 1. The maximum Gasteiger partial charge on any atom is 0.397 e. The van der Waals surface area contributed by atoms with Gasteiger partial charge in [0.05, 0.1) is 19.8 Å². The summed E-state index contributed by atoms with van der Waals surface area (Å²) in [6.07, 6.45) is 21.8. The lowest BCUT2D eigenvalue weighted by molar-refractivity contribution is -0.301. The lowest BCUT2D eigenvalue weighted by atomic mass is 9.99. The average molecular weight is 719 g/mol. The van der Waals surface area contributed by atoms with Gasteiger partial charge in [0.25, 0.3) is 0 Å². The highest BCUT2D eigenvalue weighted by Gasteiger charge is 2.48. The van der Waals surface area contributed by atoms with Gasteiger partial charge in [0.15, 0.2) is 6.29 Å². The summed E-state index contributed by atoms with van der Waals surface area (Å²) < 4.78 is 58.5. The lowest BCUT2D eigenvalue weighted by Gasteiger charge is -2.41. The van der Waals surface area contributed by atoms with E-state index in [2.05, 4.69) is 66.6 Å². The molecule has 4 N–H and O–H groups in total. The highest BCUT2D eigenvalue weighted by molar-refractivity contribution is 7.80. The van der Waals surface area contributed by atoms with E-state index < -0.39 is 59.8 Å². The molecule has 0 amide bonds. The molecule has 13 heteroatoms. The van der Waals surface area contributed by atoms with Crippen LogP contribution in [-0.4, -0.2) is 97.5 Å². The molecule has 1 fully saturated rings. The number of rotatable bonds is 29. The van der Waals surface area contributed by atoms with E-state index in [1.54, 1.807) is 0 Å². The first-order valence-corrected chi connectivity index (χ1v) is 19.3. The van der Waals surface area contributed by atoms with Crippen molar-refractivity contribution in [3.05, 3.63) is 48.6 Å². The lowest BCUT2D eigenvalue weighted by Crippen LogP contribution is -2.60. The molecule has 1 heterocycles. The minimum atomic E-state index is -5.06. The Kier molecular flexibility index (Phi) is 26.4. The Morgan fingerprint density at radius 2 is 1.41 bits per heavy atom. The van der Waals surface area contributed by atoms with Gasteiger partial charge in [-0.25, -0.2) is 4.18 Å². The smallest absolute Gasteiger partial charge is 0.397 e. The minimum Gasteiger partial charge on any atom is -0.457 e. The zero-order chi connectivity index (χ0) is 36.2. The second kappa shape index (κ2) is 28.7. The van der Waals surface area contributed by atoms with E-state index in [1.165, 1.54) is 25.7 Å². The van der Waals surface area contributed by atoms with Gasteiger partial charge in [0, 0.05) is 13.0 Å². The summed E-state index contributed by atoms with van der Waals surface area (Å²) in [7, 11) is -5.06. The van der Waals surface area contributed by atoms with Crippen molar-refractivity contribution in [2.75, 3.05) is 26.4 Å². The average Bonchev–Trinajstić information content (AvgIpc) is 3.06. The van der Waals surface area contributed by atoms with Gasteiger partial charge in [0.1, 0.15) is 30.5 Å². The van der Waals surface area contributed by atoms with Gasteiger partial charge in [0.2, 0.25) is 0 Å². The molecule has 0 aromatic rings. The predicted molar refractivity (Wildman–Crippen MR) is 188 cm³/mol. The third-order valence-electron chi connectivity index (χ3n) is 7.72. The summed E-state index contributed by atoms with van der Waals surface area (Å²) in [6, 6.07) is 0. The molecule has 12 nitrogen and oxygen atoms in total. The normalized spacial score (nSPS) is 22.6. The Hall–Kier alpha value is -1.94. The first-order chi connectivity index (χ1) is 23.6. The SMILES string of the molecule is CC/C=C\C/C=C\C/C=C\C/C=C\CCCCC(=O)OC(COCCCCCCCCC)COC1OC(CO)C(O)C(OS(=O)(=O)O)C1O. The van der Waals surface area contributed by atoms with Crippen molar-refractivity contribution in [1.82, 2.24) is 0 Å². The van der Waals surface area contributed by atoms with E-state index in [0.29, 0.717) is 13.0 Å². The van der Waals surface area contributed by atoms with Gasteiger partial charge in [-0.2, -0.15) is 8.42 Å². The maximum absolute atomic E-state index is 12.7. The number of hydrogen-bond acceptors (Lipinski definition) is 11. The molecule has 0 aliphatic carbocycles. The van der Waals surface area contributed by atoms with Crippen molar-refractivity contribution in [3.8, 4) is 0 Å². The van der Waals surface area contributed by atoms with Gasteiger partial charge >= 0.3 is 16.4 Å². The Labute approximate surface area is 294 Å². The van der Waals surface area contributed by atoms with Crippen LogP contribution in [0.3, 0.4) is 0 Å². The van der Waals surface area contributed by atoms with Crippen LogP contribution in [0.25, 0.3) is 0 Å². The van der Waals surface area contributed by atoms with Gasteiger partial charge in [-0.15, -0.1) is 0 Å². The molecule has 0 bridgehead atoms. The summed E-state index contributed by atoms with van der Waals surface area (Å²) in [5, 5.41) is 30.4. The molecule has 1 saturated heterocycles. The number of hydrogen-bond donors (Lipinski definition) is 4. The Bertz CT molecular complexity index is 1060. The molecule has 0 aromatic carbocycles. The topological polar surface area (TPSA) is 178 Å². The summed E-state index contributed by atoms with van der Waals surface area (Å²) in [6.45, 7) is 3.73. The molecule has 0 aromatic heterocycles. The molecular formula is C36H62O12S. The second-order valence-electron chi connectivity index (χ2n) is 12.1. The largest absolute Gasteiger partial charge is 0.457 e. The van der Waals surface area contributed by atoms with Crippen molar-refractivity contribution in [2.24, 2.45) is 0 Å². The van der Waals surface area contributed by atoms with Crippen molar-refractivity contribution in [2.45, 2.75) is 147 Å². The molecule has 6 unspecified atom stereocenters. The summed E-state index contributed by atoms with van der Waals surface area (Å²) in [5.41, 5.74) is 0. The van der Waals surface area contributed by atoms with Crippen molar-refractivity contribution in [3.63, 3.8) is 0 Å². The monoisotopic (exact) mass is 718 g/mol. The molecule has 0 saturated carbocycles. The summed E-state index contributed by atoms with van der Waals surface area (Å²) in [4.78, 5) is 12.7. The fraction of sp³-hybridized carbons (Fsp3) is 0.750. The quantitative estimate of drug-likeness (QED) is 0.0323. The van der Waals surface area contributed by atoms with Crippen molar-refractivity contribution in [1.29, 1.82) is 0 Å². The van der Waals surface area contributed by atoms with E-state index >= 15 is 0 Å². The summed E-state index contributed by atoms with van der Waals surface area (Å²) in [5.74, 6) is -0.445. The molecule has 1 aliphatic heterocycles. The molecule has 1 aliphatic rings. The third-order valence-corrected chi connectivity index (χ3v) is 8.18. The van der Waals surface area contributed by atoms with E-state index in [1.807, 2.05) is 0 Å². The highest BCUT2D eigenvalue weighted by Crippen LogP contribution is 2.26. The van der Waals surface area contributed by atoms with E-state index in [0.717, 1.165) is 57.8 Å².